The number of aliphatic carboxylic acids is 1. The predicted octanol–water partition coefficient (Wildman–Crippen LogP) is 4.28. The summed E-state index contributed by atoms with van der Waals surface area (Å²) in [5, 5.41) is 18.6. The Hall–Kier alpha value is -1.42. The van der Waals surface area contributed by atoms with Crippen LogP contribution in [0, 0.1) is 11.8 Å². The molecule has 136 valence electrons. The van der Waals surface area contributed by atoms with E-state index in [9.17, 15) is 14.7 Å². The van der Waals surface area contributed by atoms with Crippen LogP contribution in [0.1, 0.15) is 71.1 Å². The van der Waals surface area contributed by atoms with E-state index in [1.807, 2.05) is 24.3 Å². The Morgan fingerprint density at radius 1 is 1.29 bits per heavy atom. The van der Waals surface area contributed by atoms with Gasteiger partial charge in [-0.15, -0.1) is 0 Å². The number of ketones is 1. The molecule has 1 rings (SSSR count). The lowest BCUT2D eigenvalue weighted by Crippen LogP contribution is -2.13. The molecule has 0 bridgehead atoms. The van der Waals surface area contributed by atoms with E-state index in [-0.39, 0.29) is 18.3 Å². The van der Waals surface area contributed by atoms with Crippen LogP contribution in [-0.2, 0) is 9.59 Å². The van der Waals surface area contributed by atoms with Gasteiger partial charge in [0.25, 0.3) is 0 Å². The molecule has 0 saturated heterocycles. The normalized spacial score (nSPS) is 22.7. The number of aliphatic hydroxyl groups excluding tert-OH is 1. The summed E-state index contributed by atoms with van der Waals surface area (Å²) in [4.78, 5) is 22.5. The Kier molecular flexibility index (Phi) is 10.3. The number of hydrogen-bond donors (Lipinski definition) is 2. The van der Waals surface area contributed by atoms with Gasteiger partial charge in [-0.1, -0.05) is 50.5 Å². The number of allylic oxidation sites excluding steroid dienone is 3. The van der Waals surface area contributed by atoms with Crippen molar-refractivity contribution in [3.05, 3.63) is 24.3 Å². The smallest absolute Gasteiger partial charge is 0.303 e. The summed E-state index contributed by atoms with van der Waals surface area (Å²) in [5.41, 5.74) is 0. The van der Waals surface area contributed by atoms with Crippen molar-refractivity contribution in [2.45, 2.75) is 77.2 Å². The quantitative estimate of drug-likeness (QED) is 0.412. The van der Waals surface area contributed by atoms with E-state index in [1.165, 1.54) is 0 Å². The fourth-order valence-electron chi connectivity index (χ4n) is 3.17. The van der Waals surface area contributed by atoms with Crippen LogP contribution < -0.4 is 0 Å². The molecular formula is C20H32O4. The first-order chi connectivity index (χ1) is 11.5. The zero-order valence-corrected chi connectivity index (χ0v) is 14.8. The number of carboxylic acid groups (broad SMARTS) is 1. The van der Waals surface area contributed by atoms with Gasteiger partial charge in [0.1, 0.15) is 5.78 Å². The van der Waals surface area contributed by atoms with Gasteiger partial charge in [0, 0.05) is 18.8 Å². The second-order valence-corrected chi connectivity index (χ2v) is 6.72. The van der Waals surface area contributed by atoms with Crippen LogP contribution in [0.15, 0.2) is 24.3 Å². The largest absolute Gasteiger partial charge is 0.481 e. The molecule has 4 heteroatoms. The number of Topliss-reactive ketones (excluding diaryl/α,β-unsaturated/α-hetero) is 1. The fraction of sp³-hybridized carbons (Fsp3) is 0.700. The lowest BCUT2D eigenvalue weighted by atomic mass is 9.91. The van der Waals surface area contributed by atoms with Gasteiger partial charge in [0.05, 0.1) is 6.10 Å². The third kappa shape index (κ3) is 8.44. The molecule has 0 heterocycles. The monoisotopic (exact) mass is 336 g/mol. The van der Waals surface area contributed by atoms with Crippen molar-refractivity contribution in [2.75, 3.05) is 0 Å². The summed E-state index contributed by atoms with van der Waals surface area (Å²) in [7, 11) is 0. The maximum Gasteiger partial charge on any atom is 0.303 e. The van der Waals surface area contributed by atoms with Crippen LogP contribution in [0.25, 0.3) is 0 Å². The van der Waals surface area contributed by atoms with E-state index >= 15 is 0 Å². The number of carboxylic acids is 1. The van der Waals surface area contributed by atoms with Crippen molar-refractivity contribution in [3.8, 4) is 0 Å². The lowest BCUT2D eigenvalue weighted by Gasteiger charge is -2.13. The lowest BCUT2D eigenvalue weighted by molar-refractivity contribution is -0.137. The van der Waals surface area contributed by atoms with Crippen LogP contribution in [0.3, 0.4) is 0 Å². The first-order valence-electron chi connectivity index (χ1n) is 9.30. The second kappa shape index (κ2) is 12.0. The molecule has 0 aromatic heterocycles. The molecular weight excluding hydrogens is 304 g/mol. The minimum absolute atomic E-state index is 0.0137. The molecule has 1 saturated carbocycles. The molecule has 4 nitrogen and oxygen atoms in total. The highest BCUT2D eigenvalue weighted by molar-refractivity contribution is 5.83. The minimum atomic E-state index is -0.767. The molecule has 24 heavy (non-hydrogen) atoms. The third-order valence-electron chi connectivity index (χ3n) is 4.66. The maximum absolute atomic E-state index is 12.0. The molecule has 0 radical (unpaired) electrons. The molecule has 1 aliphatic rings. The van der Waals surface area contributed by atoms with Crippen molar-refractivity contribution in [2.24, 2.45) is 11.8 Å². The number of hydrogen-bond acceptors (Lipinski definition) is 3. The van der Waals surface area contributed by atoms with Crippen molar-refractivity contribution in [3.63, 3.8) is 0 Å². The Bertz CT molecular complexity index is 439. The number of carbonyl (C=O) groups excluding carboxylic acids is 1. The number of aliphatic hydroxyl groups is 1. The van der Waals surface area contributed by atoms with Gasteiger partial charge in [-0.3, -0.25) is 9.59 Å². The van der Waals surface area contributed by atoms with Crippen molar-refractivity contribution < 1.29 is 19.8 Å². The molecule has 1 fully saturated rings. The second-order valence-electron chi connectivity index (χ2n) is 6.72. The van der Waals surface area contributed by atoms with Crippen LogP contribution in [0.2, 0.25) is 0 Å². The van der Waals surface area contributed by atoms with Gasteiger partial charge < -0.3 is 10.2 Å². The number of unbranched alkanes of at least 4 members (excludes halogenated alkanes) is 3. The Morgan fingerprint density at radius 2 is 2.08 bits per heavy atom. The van der Waals surface area contributed by atoms with Crippen LogP contribution >= 0.6 is 0 Å². The summed E-state index contributed by atoms with van der Waals surface area (Å²) in [6, 6.07) is 0. The maximum atomic E-state index is 12.0. The van der Waals surface area contributed by atoms with Crippen LogP contribution in [0.5, 0.6) is 0 Å². The Morgan fingerprint density at radius 3 is 2.79 bits per heavy atom. The van der Waals surface area contributed by atoms with E-state index in [1.54, 1.807) is 0 Å². The molecule has 3 atom stereocenters. The van der Waals surface area contributed by atoms with Gasteiger partial charge >= 0.3 is 5.97 Å². The van der Waals surface area contributed by atoms with Gasteiger partial charge in [-0.05, 0) is 38.0 Å². The van der Waals surface area contributed by atoms with Crippen molar-refractivity contribution in [1.29, 1.82) is 0 Å². The van der Waals surface area contributed by atoms with Gasteiger partial charge in [0.15, 0.2) is 0 Å². The zero-order chi connectivity index (χ0) is 17.8. The zero-order valence-electron chi connectivity index (χ0n) is 14.8. The van der Waals surface area contributed by atoms with Crippen molar-refractivity contribution >= 4 is 11.8 Å². The molecule has 0 aromatic rings. The topological polar surface area (TPSA) is 74.6 Å². The highest BCUT2D eigenvalue weighted by Crippen LogP contribution is 2.33. The summed E-state index contributed by atoms with van der Waals surface area (Å²) in [6.45, 7) is 2.14. The highest BCUT2D eigenvalue weighted by atomic mass is 16.4. The average molecular weight is 336 g/mol. The minimum Gasteiger partial charge on any atom is -0.481 e. The predicted molar refractivity (Wildman–Crippen MR) is 95.8 cm³/mol. The third-order valence-corrected chi connectivity index (χ3v) is 4.66. The summed E-state index contributed by atoms with van der Waals surface area (Å²) in [5.74, 6) is -0.223. The van der Waals surface area contributed by atoms with E-state index in [4.69, 9.17) is 5.11 Å². The number of carbonyl (C=O) groups is 2. The standard InChI is InChI=1S/C20H32O4/c1-2-3-6-9-17(21)14-12-16-13-15-19(22)18(16)10-7-4-5-8-11-20(23)24/h4,7,12,14,16-18,21H,2-3,5-6,8-11,13,15H2,1H3,(H,23,24)/b7-4?,14-12+/t16-,17?,18-/m0/s1. The molecule has 2 N–H and O–H groups in total. The first-order valence-corrected chi connectivity index (χ1v) is 9.30. The Balaban J connectivity index is 2.37. The fourth-order valence-corrected chi connectivity index (χ4v) is 3.17. The van der Waals surface area contributed by atoms with E-state index < -0.39 is 12.1 Å². The first kappa shape index (κ1) is 20.6. The highest BCUT2D eigenvalue weighted by Gasteiger charge is 2.31. The van der Waals surface area contributed by atoms with E-state index in [2.05, 4.69) is 6.92 Å². The molecule has 1 unspecified atom stereocenters. The van der Waals surface area contributed by atoms with Crippen molar-refractivity contribution in [1.82, 2.24) is 0 Å². The van der Waals surface area contributed by atoms with Gasteiger partial charge in [-0.25, -0.2) is 0 Å². The average Bonchev–Trinajstić information content (AvgIpc) is 2.89. The molecule has 0 aromatic carbocycles. The summed E-state index contributed by atoms with van der Waals surface area (Å²) in [6.07, 6.45) is 15.4. The Labute approximate surface area is 145 Å². The van der Waals surface area contributed by atoms with E-state index in [0.717, 1.165) is 38.5 Å². The van der Waals surface area contributed by atoms with Crippen LogP contribution in [-0.4, -0.2) is 28.1 Å². The molecule has 0 aliphatic heterocycles. The molecule has 1 aliphatic carbocycles. The van der Waals surface area contributed by atoms with E-state index in [0.29, 0.717) is 25.0 Å². The number of rotatable bonds is 12. The summed E-state index contributed by atoms with van der Waals surface area (Å²) < 4.78 is 0. The SMILES string of the molecule is CCCCCC(O)/C=C/[C@H]1CCC(=O)[C@H]1CC=CCCCC(=O)O. The van der Waals surface area contributed by atoms with Gasteiger partial charge in [0.2, 0.25) is 0 Å². The van der Waals surface area contributed by atoms with Gasteiger partial charge in [-0.2, -0.15) is 0 Å². The summed E-state index contributed by atoms with van der Waals surface area (Å²) >= 11 is 0. The molecule has 0 spiro atoms. The molecule has 0 amide bonds. The van der Waals surface area contributed by atoms with Crippen LogP contribution in [0.4, 0.5) is 0 Å².